The summed E-state index contributed by atoms with van der Waals surface area (Å²) in [5.74, 6) is 1.00. The molecule has 0 spiro atoms. The first-order valence-corrected chi connectivity index (χ1v) is 10.5. The molecule has 2 rings (SSSR count). The zero-order valence-corrected chi connectivity index (χ0v) is 15.3. The second-order valence-electron chi connectivity index (χ2n) is 7.71. The normalized spacial score (nSPS) is 20.0. The summed E-state index contributed by atoms with van der Waals surface area (Å²) in [5.41, 5.74) is 1.52. The van der Waals surface area contributed by atoms with E-state index in [1.807, 2.05) is 0 Å². The van der Waals surface area contributed by atoms with E-state index in [2.05, 4.69) is 30.3 Å². The minimum Gasteiger partial charge on any atom is -0.0622 e. The summed E-state index contributed by atoms with van der Waals surface area (Å²) in [4.78, 5) is 0. The number of hydrogen-bond donors (Lipinski definition) is 0. The molecule has 1 saturated carbocycles. The Labute approximate surface area is 145 Å². The first kappa shape index (κ1) is 18.6. The van der Waals surface area contributed by atoms with E-state index in [4.69, 9.17) is 0 Å². The van der Waals surface area contributed by atoms with Crippen molar-refractivity contribution < 1.29 is 0 Å². The summed E-state index contributed by atoms with van der Waals surface area (Å²) < 4.78 is 0. The molecule has 1 aliphatic rings. The van der Waals surface area contributed by atoms with Gasteiger partial charge < -0.3 is 0 Å². The summed E-state index contributed by atoms with van der Waals surface area (Å²) in [5, 5.41) is 0. The Balaban J connectivity index is 1.67. The highest BCUT2D eigenvalue weighted by Gasteiger charge is 2.09. The van der Waals surface area contributed by atoms with Gasteiger partial charge >= 0.3 is 0 Å². The summed E-state index contributed by atoms with van der Waals surface area (Å²) in [6.45, 7) is 0. The Bertz CT molecular complexity index is 353. The van der Waals surface area contributed by atoms with Crippen LogP contribution in [0.5, 0.6) is 0 Å². The van der Waals surface area contributed by atoms with Crippen LogP contribution in [0.15, 0.2) is 30.3 Å². The minimum absolute atomic E-state index is 1.00. The van der Waals surface area contributed by atoms with Crippen molar-refractivity contribution in [1.82, 2.24) is 0 Å². The molecule has 0 N–H and O–H groups in total. The predicted octanol–water partition coefficient (Wildman–Crippen LogP) is 7.71. The standard InChI is InChI=1S/C23H38/c1-2-4-6-8-11-16-22(17-12-9-7-5-3-1)20-15-21-23-18-13-10-14-19-23/h10,13-14,18-19,22H,1-9,11-12,15-17,20-21H2. The molecule has 23 heavy (non-hydrogen) atoms. The monoisotopic (exact) mass is 314 g/mol. The molecule has 0 unspecified atom stereocenters. The molecule has 0 heterocycles. The van der Waals surface area contributed by atoms with Crippen LogP contribution in [0.1, 0.15) is 102 Å². The highest BCUT2D eigenvalue weighted by molar-refractivity contribution is 5.14. The lowest BCUT2D eigenvalue weighted by Crippen LogP contribution is -2.02. The molecule has 0 saturated heterocycles. The van der Waals surface area contributed by atoms with Crippen LogP contribution in [0.4, 0.5) is 0 Å². The lowest BCUT2D eigenvalue weighted by atomic mass is 9.89. The van der Waals surface area contributed by atoms with Gasteiger partial charge in [-0.2, -0.15) is 0 Å². The van der Waals surface area contributed by atoms with Crippen LogP contribution < -0.4 is 0 Å². The van der Waals surface area contributed by atoms with Crippen LogP contribution >= 0.6 is 0 Å². The van der Waals surface area contributed by atoms with Crippen molar-refractivity contribution in [1.29, 1.82) is 0 Å². The molecular formula is C23H38. The number of hydrogen-bond acceptors (Lipinski definition) is 0. The topological polar surface area (TPSA) is 0 Å². The van der Waals surface area contributed by atoms with Crippen LogP contribution in [0.3, 0.4) is 0 Å². The minimum atomic E-state index is 1.00. The second kappa shape index (κ2) is 12.6. The molecule has 0 radical (unpaired) electrons. The van der Waals surface area contributed by atoms with Crippen molar-refractivity contribution in [3.8, 4) is 0 Å². The van der Waals surface area contributed by atoms with Gasteiger partial charge in [0, 0.05) is 0 Å². The average Bonchev–Trinajstić information content (AvgIpc) is 2.59. The molecular weight excluding hydrogens is 276 g/mol. The second-order valence-corrected chi connectivity index (χ2v) is 7.71. The van der Waals surface area contributed by atoms with Gasteiger partial charge in [-0.05, 0) is 24.3 Å². The summed E-state index contributed by atoms with van der Waals surface area (Å²) in [6.07, 6.45) is 23.4. The van der Waals surface area contributed by atoms with E-state index in [9.17, 15) is 0 Å². The van der Waals surface area contributed by atoms with Gasteiger partial charge in [0.2, 0.25) is 0 Å². The average molecular weight is 315 g/mol. The maximum atomic E-state index is 2.29. The molecule has 1 aliphatic carbocycles. The van der Waals surface area contributed by atoms with Crippen molar-refractivity contribution in [2.45, 2.75) is 103 Å². The van der Waals surface area contributed by atoms with Gasteiger partial charge in [0.15, 0.2) is 0 Å². The first-order valence-electron chi connectivity index (χ1n) is 10.5. The lowest BCUT2D eigenvalue weighted by Gasteiger charge is -2.17. The van der Waals surface area contributed by atoms with Gasteiger partial charge in [-0.15, -0.1) is 0 Å². The van der Waals surface area contributed by atoms with Crippen molar-refractivity contribution in [2.75, 3.05) is 0 Å². The number of rotatable bonds is 4. The van der Waals surface area contributed by atoms with Crippen molar-refractivity contribution in [3.05, 3.63) is 35.9 Å². The smallest absolute Gasteiger partial charge is 0.0279 e. The fourth-order valence-corrected chi connectivity index (χ4v) is 4.13. The highest BCUT2D eigenvalue weighted by atomic mass is 14.1. The zero-order valence-electron chi connectivity index (χ0n) is 15.3. The van der Waals surface area contributed by atoms with E-state index in [0.29, 0.717) is 0 Å². The van der Waals surface area contributed by atoms with Gasteiger partial charge in [-0.3, -0.25) is 0 Å². The van der Waals surface area contributed by atoms with Gasteiger partial charge in [-0.25, -0.2) is 0 Å². The Kier molecular flexibility index (Phi) is 10.2. The molecule has 0 aromatic heterocycles. The fourth-order valence-electron chi connectivity index (χ4n) is 4.13. The zero-order chi connectivity index (χ0) is 16.0. The SMILES string of the molecule is c1ccc(CCCC2CCCCCCCCCCCCC2)cc1. The fraction of sp³-hybridized carbons (Fsp3) is 0.739. The van der Waals surface area contributed by atoms with Gasteiger partial charge in [0.25, 0.3) is 0 Å². The Morgan fingerprint density at radius 1 is 0.609 bits per heavy atom. The van der Waals surface area contributed by atoms with Gasteiger partial charge in [-0.1, -0.05) is 120 Å². The first-order chi connectivity index (χ1) is 11.4. The van der Waals surface area contributed by atoms with E-state index in [1.54, 1.807) is 0 Å². The largest absolute Gasteiger partial charge is 0.0622 e. The van der Waals surface area contributed by atoms with Crippen LogP contribution in [-0.4, -0.2) is 0 Å². The van der Waals surface area contributed by atoms with Crippen molar-refractivity contribution in [3.63, 3.8) is 0 Å². The van der Waals surface area contributed by atoms with Gasteiger partial charge in [0.05, 0.1) is 0 Å². The predicted molar refractivity (Wildman–Crippen MR) is 103 cm³/mol. The molecule has 130 valence electrons. The molecule has 0 nitrogen and oxygen atoms in total. The third-order valence-corrected chi connectivity index (χ3v) is 5.65. The molecule has 0 aliphatic heterocycles. The van der Waals surface area contributed by atoms with Crippen LogP contribution in [-0.2, 0) is 6.42 Å². The van der Waals surface area contributed by atoms with E-state index in [0.717, 1.165) is 5.92 Å². The van der Waals surface area contributed by atoms with E-state index in [1.165, 1.54) is 108 Å². The van der Waals surface area contributed by atoms with E-state index < -0.39 is 0 Å². The molecule has 1 aromatic carbocycles. The third kappa shape index (κ3) is 9.18. The van der Waals surface area contributed by atoms with Crippen LogP contribution in [0, 0.1) is 5.92 Å². The summed E-state index contributed by atoms with van der Waals surface area (Å²) in [6, 6.07) is 11.1. The van der Waals surface area contributed by atoms with E-state index in [-0.39, 0.29) is 0 Å². The molecule has 0 heteroatoms. The molecule has 0 amide bonds. The number of aryl methyl sites for hydroxylation is 1. The van der Waals surface area contributed by atoms with Crippen molar-refractivity contribution in [2.24, 2.45) is 5.92 Å². The quantitative estimate of drug-likeness (QED) is 0.534. The van der Waals surface area contributed by atoms with Crippen LogP contribution in [0.25, 0.3) is 0 Å². The molecule has 0 bridgehead atoms. The maximum absolute atomic E-state index is 2.29. The number of benzene rings is 1. The molecule has 1 aromatic rings. The van der Waals surface area contributed by atoms with Gasteiger partial charge in [0.1, 0.15) is 0 Å². The molecule has 1 fully saturated rings. The maximum Gasteiger partial charge on any atom is -0.0279 e. The van der Waals surface area contributed by atoms with E-state index >= 15 is 0 Å². The van der Waals surface area contributed by atoms with Crippen LogP contribution in [0.2, 0.25) is 0 Å². The summed E-state index contributed by atoms with van der Waals surface area (Å²) in [7, 11) is 0. The molecule has 0 atom stereocenters. The lowest BCUT2D eigenvalue weighted by molar-refractivity contribution is 0.369. The highest BCUT2D eigenvalue weighted by Crippen LogP contribution is 2.25. The Hall–Kier alpha value is -0.780. The Morgan fingerprint density at radius 3 is 1.61 bits per heavy atom. The summed E-state index contributed by atoms with van der Waals surface area (Å²) >= 11 is 0. The third-order valence-electron chi connectivity index (χ3n) is 5.65. The van der Waals surface area contributed by atoms with Crippen molar-refractivity contribution >= 4 is 0 Å². The Morgan fingerprint density at radius 2 is 1.09 bits per heavy atom.